The maximum atomic E-state index is 12.3. The molecule has 2 unspecified atom stereocenters. The minimum Gasteiger partial charge on any atom is -0.342 e. The van der Waals surface area contributed by atoms with Crippen LogP contribution in [0.4, 0.5) is 0 Å². The van der Waals surface area contributed by atoms with Gasteiger partial charge in [-0.25, -0.2) is 0 Å². The van der Waals surface area contributed by atoms with E-state index in [1.165, 1.54) is 0 Å². The third kappa shape index (κ3) is 2.21. The molecular weight excluding hydrogens is 216 g/mol. The summed E-state index contributed by atoms with van der Waals surface area (Å²) in [6.45, 7) is 11.7. The lowest BCUT2D eigenvalue weighted by atomic mass is 9.88. The van der Waals surface area contributed by atoms with Crippen LogP contribution in [0.1, 0.15) is 34.1 Å². The van der Waals surface area contributed by atoms with Gasteiger partial charge in [-0.3, -0.25) is 9.59 Å². The molecule has 0 bridgehead atoms. The molecule has 0 aromatic rings. The van der Waals surface area contributed by atoms with Gasteiger partial charge in [0.25, 0.3) is 0 Å². The van der Waals surface area contributed by atoms with Gasteiger partial charge >= 0.3 is 0 Å². The third-order valence-electron chi connectivity index (χ3n) is 3.57. The number of carbonyl (C=O) groups excluding carboxylic acids is 2. The van der Waals surface area contributed by atoms with Gasteiger partial charge in [-0.2, -0.15) is 0 Å². The van der Waals surface area contributed by atoms with E-state index < -0.39 is 11.6 Å². The highest BCUT2D eigenvalue weighted by Gasteiger charge is 2.48. The van der Waals surface area contributed by atoms with Crippen molar-refractivity contribution >= 4 is 11.8 Å². The summed E-state index contributed by atoms with van der Waals surface area (Å²) in [7, 11) is 0. The molecule has 0 aromatic carbocycles. The topological polar surface area (TPSA) is 49.4 Å². The van der Waals surface area contributed by atoms with Crippen LogP contribution in [0.5, 0.6) is 0 Å². The number of carbonyl (C=O) groups is 2. The minimum atomic E-state index is -0.753. The summed E-state index contributed by atoms with van der Waals surface area (Å²) in [6, 6.07) is -0.415. The van der Waals surface area contributed by atoms with Gasteiger partial charge in [0.15, 0.2) is 0 Å². The Hall–Kier alpha value is -1.32. The van der Waals surface area contributed by atoms with Crippen LogP contribution in [0.25, 0.3) is 0 Å². The quantitative estimate of drug-likeness (QED) is 0.751. The fourth-order valence-electron chi connectivity index (χ4n) is 2.12. The second kappa shape index (κ2) is 4.90. The van der Waals surface area contributed by atoms with E-state index in [4.69, 9.17) is 0 Å². The summed E-state index contributed by atoms with van der Waals surface area (Å²) in [5.41, 5.74) is -0.753. The van der Waals surface area contributed by atoms with Crippen molar-refractivity contribution in [2.45, 2.75) is 45.7 Å². The number of piperazine rings is 1. The maximum Gasteiger partial charge on any atom is 0.246 e. The van der Waals surface area contributed by atoms with Crippen LogP contribution in [-0.2, 0) is 9.59 Å². The average molecular weight is 238 g/mol. The predicted molar refractivity (Wildman–Crippen MR) is 67.4 cm³/mol. The van der Waals surface area contributed by atoms with Gasteiger partial charge in [-0.15, -0.1) is 6.58 Å². The highest BCUT2D eigenvalue weighted by atomic mass is 16.2. The summed E-state index contributed by atoms with van der Waals surface area (Å²) in [4.78, 5) is 26.1. The molecule has 1 saturated heterocycles. The van der Waals surface area contributed by atoms with Crippen LogP contribution >= 0.6 is 0 Å². The average Bonchev–Trinajstić information content (AvgIpc) is 2.29. The van der Waals surface area contributed by atoms with Crippen molar-refractivity contribution in [3.8, 4) is 0 Å². The van der Waals surface area contributed by atoms with Crippen molar-refractivity contribution in [3.63, 3.8) is 0 Å². The molecule has 2 atom stereocenters. The van der Waals surface area contributed by atoms with E-state index in [2.05, 4.69) is 11.9 Å². The molecule has 1 fully saturated rings. The molecule has 4 heteroatoms. The van der Waals surface area contributed by atoms with Gasteiger partial charge in [-0.05, 0) is 19.3 Å². The fourth-order valence-corrected chi connectivity index (χ4v) is 2.12. The van der Waals surface area contributed by atoms with Crippen molar-refractivity contribution in [3.05, 3.63) is 12.7 Å². The van der Waals surface area contributed by atoms with E-state index in [-0.39, 0.29) is 17.7 Å². The Morgan fingerprint density at radius 3 is 2.53 bits per heavy atom. The van der Waals surface area contributed by atoms with Gasteiger partial charge in [-0.1, -0.05) is 26.8 Å². The molecule has 0 saturated carbocycles. The van der Waals surface area contributed by atoms with Gasteiger partial charge in [0.2, 0.25) is 11.8 Å². The fraction of sp³-hybridized carbons (Fsp3) is 0.692. The molecule has 1 heterocycles. The Morgan fingerprint density at radius 2 is 2.12 bits per heavy atom. The molecule has 4 nitrogen and oxygen atoms in total. The van der Waals surface area contributed by atoms with Crippen molar-refractivity contribution in [1.29, 1.82) is 0 Å². The number of nitrogens with one attached hydrogen (secondary N) is 1. The molecule has 0 aliphatic carbocycles. The normalized spacial score (nSPS) is 29.5. The summed E-state index contributed by atoms with van der Waals surface area (Å²) < 4.78 is 0. The van der Waals surface area contributed by atoms with Crippen molar-refractivity contribution in [2.24, 2.45) is 5.92 Å². The largest absolute Gasteiger partial charge is 0.342 e. The maximum absolute atomic E-state index is 12.3. The zero-order chi connectivity index (χ0) is 13.2. The lowest BCUT2D eigenvalue weighted by Crippen LogP contribution is -2.70. The first kappa shape index (κ1) is 13.7. The van der Waals surface area contributed by atoms with E-state index in [9.17, 15) is 9.59 Å². The first-order chi connectivity index (χ1) is 7.88. The van der Waals surface area contributed by atoms with Crippen LogP contribution in [-0.4, -0.2) is 34.8 Å². The van der Waals surface area contributed by atoms with E-state index in [1.54, 1.807) is 17.9 Å². The van der Waals surface area contributed by atoms with Crippen molar-refractivity contribution < 1.29 is 9.59 Å². The molecule has 0 radical (unpaired) electrons. The number of hydrogen-bond donors (Lipinski definition) is 1. The Morgan fingerprint density at radius 1 is 1.53 bits per heavy atom. The Balaban J connectivity index is 3.10. The SMILES string of the molecule is C=CCN1C(=O)C(C(C)C)NC(=O)C1(C)CC. The molecule has 0 aromatic heterocycles. The Labute approximate surface area is 103 Å². The van der Waals surface area contributed by atoms with Gasteiger partial charge in [0.05, 0.1) is 0 Å². The number of nitrogens with zero attached hydrogens (tertiary/aromatic N) is 1. The zero-order valence-electron chi connectivity index (χ0n) is 11.1. The van der Waals surface area contributed by atoms with Gasteiger partial charge in [0.1, 0.15) is 11.6 Å². The number of amides is 2. The molecule has 1 aliphatic heterocycles. The molecular formula is C13H22N2O2. The number of rotatable bonds is 4. The molecule has 0 spiro atoms. The van der Waals surface area contributed by atoms with Crippen LogP contribution in [0.2, 0.25) is 0 Å². The molecule has 1 aliphatic rings. The predicted octanol–water partition coefficient (Wildman–Crippen LogP) is 1.32. The second-order valence-electron chi connectivity index (χ2n) is 5.06. The van der Waals surface area contributed by atoms with E-state index in [1.807, 2.05) is 20.8 Å². The van der Waals surface area contributed by atoms with Crippen LogP contribution in [0.15, 0.2) is 12.7 Å². The van der Waals surface area contributed by atoms with E-state index in [0.29, 0.717) is 13.0 Å². The van der Waals surface area contributed by atoms with Gasteiger partial charge < -0.3 is 10.2 Å². The Kier molecular flexibility index (Phi) is 3.96. The molecule has 1 N–H and O–H groups in total. The van der Waals surface area contributed by atoms with Crippen molar-refractivity contribution in [1.82, 2.24) is 10.2 Å². The number of hydrogen-bond acceptors (Lipinski definition) is 2. The van der Waals surface area contributed by atoms with Crippen molar-refractivity contribution in [2.75, 3.05) is 6.54 Å². The molecule has 2 amide bonds. The minimum absolute atomic E-state index is 0.0103. The van der Waals surface area contributed by atoms with Gasteiger partial charge in [0, 0.05) is 6.54 Å². The summed E-state index contributed by atoms with van der Waals surface area (Å²) >= 11 is 0. The third-order valence-corrected chi connectivity index (χ3v) is 3.57. The van der Waals surface area contributed by atoms with E-state index >= 15 is 0 Å². The highest BCUT2D eigenvalue weighted by Crippen LogP contribution is 2.26. The lowest BCUT2D eigenvalue weighted by Gasteiger charge is -2.46. The zero-order valence-corrected chi connectivity index (χ0v) is 11.1. The van der Waals surface area contributed by atoms with Crippen LogP contribution < -0.4 is 5.32 Å². The first-order valence-electron chi connectivity index (χ1n) is 6.11. The molecule has 1 rings (SSSR count). The smallest absolute Gasteiger partial charge is 0.246 e. The first-order valence-corrected chi connectivity index (χ1v) is 6.11. The molecule has 96 valence electrons. The standard InChI is InChI=1S/C13H22N2O2/c1-6-8-15-11(16)10(9(3)4)14-12(17)13(15,5)7-2/h6,9-10H,1,7-8H2,2-5H3,(H,14,17). The Bertz CT molecular complexity index is 338. The van der Waals surface area contributed by atoms with E-state index in [0.717, 1.165) is 0 Å². The second-order valence-corrected chi connectivity index (χ2v) is 5.06. The highest BCUT2D eigenvalue weighted by molar-refractivity contribution is 5.99. The van der Waals surface area contributed by atoms with Crippen LogP contribution in [0, 0.1) is 5.92 Å². The monoisotopic (exact) mass is 238 g/mol. The van der Waals surface area contributed by atoms with Crippen LogP contribution in [0.3, 0.4) is 0 Å². The lowest BCUT2D eigenvalue weighted by molar-refractivity contribution is -0.157. The summed E-state index contributed by atoms with van der Waals surface area (Å²) in [5.74, 6) is 0.0178. The summed E-state index contributed by atoms with van der Waals surface area (Å²) in [5, 5.41) is 2.83. The molecule has 17 heavy (non-hydrogen) atoms. The summed E-state index contributed by atoms with van der Waals surface area (Å²) in [6.07, 6.45) is 2.27.